The lowest BCUT2D eigenvalue weighted by molar-refractivity contribution is 0.603. The van der Waals surface area contributed by atoms with Gasteiger partial charge in [-0.05, 0) is 36.4 Å². The number of thioether (sulfide) groups is 1. The first-order valence-electron chi connectivity index (χ1n) is 5.59. The zero-order valence-electron chi connectivity index (χ0n) is 10.4. The highest BCUT2D eigenvalue weighted by molar-refractivity contribution is 7.99. The summed E-state index contributed by atoms with van der Waals surface area (Å²) in [6.07, 6.45) is 0. The second-order valence-corrected chi connectivity index (χ2v) is 5.84. The van der Waals surface area contributed by atoms with E-state index in [0.717, 1.165) is 11.3 Å². The number of hydrogen-bond acceptors (Lipinski definition) is 2. The average Bonchev–Trinajstić information content (AvgIpc) is 2.23. The van der Waals surface area contributed by atoms with Crippen LogP contribution in [0.15, 0.2) is 18.2 Å². The number of hydrogen-bond donors (Lipinski definition) is 1. The molecule has 1 unspecified atom stereocenters. The molecule has 1 aromatic rings. The summed E-state index contributed by atoms with van der Waals surface area (Å²) < 4.78 is 13.4. The largest absolute Gasteiger partial charge is 0.312 e. The molecule has 1 aromatic carbocycles. The number of rotatable bonds is 5. The summed E-state index contributed by atoms with van der Waals surface area (Å²) in [6, 6.07) is 5.70. The van der Waals surface area contributed by atoms with Gasteiger partial charge in [0.15, 0.2) is 0 Å². The molecule has 16 heavy (non-hydrogen) atoms. The third-order valence-corrected chi connectivity index (χ3v) is 3.74. The van der Waals surface area contributed by atoms with Crippen LogP contribution in [0.5, 0.6) is 0 Å². The van der Waals surface area contributed by atoms with Crippen LogP contribution in [0, 0.1) is 12.7 Å². The Morgan fingerprint density at radius 2 is 2.06 bits per heavy atom. The standard InChI is InChI=1S/C13H20FNS/c1-9(2)16-8-13(15-4)11-6-5-10(3)12(14)7-11/h5-7,9,13,15H,8H2,1-4H3. The summed E-state index contributed by atoms with van der Waals surface area (Å²) >= 11 is 1.88. The van der Waals surface area contributed by atoms with E-state index in [2.05, 4.69) is 19.2 Å². The molecule has 0 spiro atoms. The zero-order valence-corrected chi connectivity index (χ0v) is 11.2. The molecule has 0 amide bonds. The van der Waals surface area contributed by atoms with Crippen LogP contribution >= 0.6 is 11.8 Å². The van der Waals surface area contributed by atoms with Crippen LogP contribution in [-0.4, -0.2) is 18.1 Å². The highest BCUT2D eigenvalue weighted by atomic mass is 32.2. The van der Waals surface area contributed by atoms with Crippen molar-refractivity contribution in [1.29, 1.82) is 0 Å². The lowest BCUT2D eigenvalue weighted by atomic mass is 10.1. The van der Waals surface area contributed by atoms with Crippen molar-refractivity contribution in [2.24, 2.45) is 0 Å². The van der Waals surface area contributed by atoms with Crippen LogP contribution in [-0.2, 0) is 0 Å². The summed E-state index contributed by atoms with van der Waals surface area (Å²) in [5.74, 6) is 0.851. The Morgan fingerprint density at radius 3 is 2.56 bits per heavy atom. The maximum Gasteiger partial charge on any atom is 0.126 e. The van der Waals surface area contributed by atoms with Gasteiger partial charge in [-0.2, -0.15) is 11.8 Å². The summed E-state index contributed by atoms with van der Waals surface area (Å²) in [7, 11) is 1.92. The third kappa shape index (κ3) is 3.80. The molecular formula is C13H20FNS. The van der Waals surface area contributed by atoms with Crippen molar-refractivity contribution < 1.29 is 4.39 Å². The van der Waals surface area contributed by atoms with Crippen molar-refractivity contribution in [3.8, 4) is 0 Å². The fourth-order valence-corrected chi connectivity index (χ4v) is 2.40. The third-order valence-electron chi connectivity index (χ3n) is 2.54. The maximum atomic E-state index is 13.4. The molecule has 1 nitrogen and oxygen atoms in total. The van der Waals surface area contributed by atoms with Gasteiger partial charge in [-0.3, -0.25) is 0 Å². The molecule has 0 radical (unpaired) electrons. The van der Waals surface area contributed by atoms with E-state index in [9.17, 15) is 4.39 Å². The van der Waals surface area contributed by atoms with E-state index in [1.807, 2.05) is 30.9 Å². The maximum absolute atomic E-state index is 13.4. The van der Waals surface area contributed by atoms with E-state index < -0.39 is 0 Å². The van der Waals surface area contributed by atoms with E-state index in [1.165, 1.54) is 0 Å². The SMILES string of the molecule is CNC(CSC(C)C)c1ccc(C)c(F)c1. The highest BCUT2D eigenvalue weighted by Crippen LogP contribution is 2.22. The topological polar surface area (TPSA) is 12.0 Å². The Morgan fingerprint density at radius 1 is 1.38 bits per heavy atom. The zero-order chi connectivity index (χ0) is 12.1. The first-order valence-corrected chi connectivity index (χ1v) is 6.64. The molecule has 1 atom stereocenters. The summed E-state index contributed by atoms with van der Waals surface area (Å²) in [6.45, 7) is 6.14. The van der Waals surface area contributed by atoms with Crippen molar-refractivity contribution >= 4 is 11.8 Å². The fraction of sp³-hybridized carbons (Fsp3) is 0.538. The molecule has 0 aliphatic rings. The molecular weight excluding hydrogens is 221 g/mol. The summed E-state index contributed by atoms with van der Waals surface area (Å²) in [5, 5.41) is 3.84. The first kappa shape index (κ1) is 13.5. The molecule has 90 valence electrons. The van der Waals surface area contributed by atoms with Crippen LogP contribution in [0.25, 0.3) is 0 Å². The van der Waals surface area contributed by atoms with Crippen LogP contribution in [0.1, 0.15) is 31.0 Å². The van der Waals surface area contributed by atoms with Crippen LogP contribution < -0.4 is 5.32 Å². The van der Waals surface area contributed by atoms with Gasteiger partial charge in [-0.15, -0.1) is 0 Å². The van der Waals surface area contributed by atoms with E-state index >= 15 is 0 Å². The Balaban J connectivity index is 2.74. The molecule has 1 rings (SSSR count). The second kappa shape index (κ2) is 6.26. The molecule has 3 heteroatoms. The van der Waals surface area contributed by atoms with Crippen LogP contribution in [0.4, 0.5) is 4.39 Å². The van der Waals surface area contributed by atoms with Gasteiger partial charge < -0.3 is 5.32 Å². The molecule has 0 heterocycles. The van der Waals surface area contributed by atoms with Gasteiger partial charge >= 0.3 is 0 Å². The predicted octanol–water partition coefficient (Wildman–Crippen LogP) is 3.54. The lowest BCUT2D eigenvalue weighted by Crippen LogP contribution is -2.19. The molecule has 0 saturated heterocycles. The quantitative estimate of drug-likeness (QED) is 0.846. The van der Waals surface area contributed by atoms with Crippen molar-refractivity contribution in [2.45, 2.75) is 32.1 Å². The number of halogens is 1. The summed E-state index contributed by atoms with van der Waals surface area (Å²) in [4.78, 5) is 0. The summed E-state index contributed by atoms with van der Waals surface area (Å²) in [5.41, 5.74) is 1.73. The Bertz CT molecular complexity index is 339. The van der Waals surface area contributed by atoms with Crippen LogP contribution in [0.2, 0.25) is 0 Å². The number of nitrogens with one attached hydrogen (secondary N) is 1. The monoisotopic (exact) mass is 241 g/mol. The van der Waals surface area contributed by atoms with E-state index in [-0.39, 0.29) is 11.9 Å². The van der Waals surface area contributed by atoms with Crippen molar-refractivity contribution in [2.75, 3.05) is 12.8 Å². The molecule has 0 fully saturated rings. The molecule has 0 saturated carbocycles. The Labute approximate surface area is 102 Å². The Hall–Kier alpha value is -0.540. The van der Waals surface area contributed by atoms with E-state index in [1.54, 1.807) is 13.0 Å². The minimum atomic E-state index is -0.118. The highest BCUT2D eigenvalue weighted by Gasteiger charge is 2.11. The van der Waals surface area contributed by atoms with Gasteiger partial charge in [-0.1, -0.05) is 26.0 Å². The molecule has 0 aliphatic heterocycles. The van der Waals surface area contributed by atoms with Crippen molar-refractivity contribution in [3.63, 3.8) is 0 Å². The minimum Gasteiger partial charge on any atom is -0.312 e. The number of aryl methyl sites for hydroxylation is 1. The predicted molar refractivity (Wildman–Crippen MR) is 70.5 cm³/mol. The average molecular weight is 241 g/mol. The number of benzene rings is 1. The molecule has 0 bridgehead atoms. The fourth-order valence-electron chi connectivity index (χ4n) is 1.46. The van der Waals surface area contributed by atoms with Gasteiger partial charge in [0, 0.05) is 11.8 Å². The lowest BCUT2D eigenvalue weighted by Gasteiger charge is -2.18. The van der Waals surface area contributed by atoms with Gasteiger partial charge in [0.25, 0.3) is 0 Å². The van der Waals surface area contributed by atoms with Gasteiger partial charge in [0.1, 0.15) is 5.82 Å². The normalized spacial score (nSPS) is 13.1. The van der Waals surface area contributed by atoms with Crippen molar-refractivity contribution in [1.82, 2.24) is 5.32 Å². The van der Waals surface area contributed by atoms with Crippen molar-refractivity contribution in [3.05, 3.63) is 35.1 Å². The molecule has 1 N–H and O–H groups in total. The first-order chi connectivity index (χ1) is 7.54. The second-order valence-electron chi connectivity index (χ2n) is 4.23. The van der Waals surface area contributed by atoms with Crippen LogP contribution in [0.3, 0.4) is 0 Å². The molecule has 0 aromatic heterocycles. The minimum absolute atomic E-state index is 0.118. The van der Waals surface area contributed by atoms with Gasteiger partial charge in [0.2, 0.25) is 0 Å². The van der Waals surface area contributed by atoms with E-state index in [0.29, 0.717) is 10.8 Å². The van der Waals surface area contributed by atoms with E-state index in [4.69, 9.17) is 0 Å². The molecule has 0 aliphatic carbocycles. The Kier molecular flexibility index (Phi) is 5.29. The smallest absolute Gasteiger partial charge is 0.126 e. The van der Waals surface area contributed by atoms with Gasteiger partial charge in [-0.25, -0.2) is 4.39 Å². The van der Waals surface area contributed by atoms with Gasteiger partial charge in [0.05, 0.1) is 0 Å².